The fraction of sp³-hybridized carbons (Fsp3) is 0.600. The third-order valence-electron chi connectivity index (χ3n) is 5.78. The smallest absolute Gasteiger partial charge is 0.200 e. The minimum atomic E-state index is -0.870. The van der Waals surface area contributed by atoms with Crippen molar-refractivity contribution in [1.82, 2.24) is 0 Å². The van der Waals surface area contributed by atoms with Crippen LogP contribution in [0.25, 0.3) is 0 Å². The molecule has 2 aromatic rings. The first kappa shape index (κ1) is 33.4. The molecule has 0 atom stereocenters. The van der Waals surface area contributed by atoms with Crippen molar-refractivity contribution in [3.8, 4) is 23.0 Å². The van der Waals surface area contributed by atoms with Gasteiger partial charge in [0.2, 0.25) is 0 Å². The maximum Gasteiger partial charge on any atom is 0.200 e. The lowest BCUT2D eigenvalue weighted by molar-refractivity contribution is 0.239. The van der Waals surface area contributed by atoms with Gasteiger partial charge in [0.25, 0.3) is 0 Å². The van der Waals surface area contributed by atoms with Gasteiger partial charge in [0.15, 0.2) is 46.3 Å². The number of phenolic OH excluding ortho intramolecular Hbond substituents is 1. The molecular formula is C30H44F4O4. The molecule has 38 heavy (non-hydrogen) atoms. The highest BCUT2D eigenvalue weighted by Gasteiger charge is 2.17. The molecule has 0 saturated carbocycles. The summed E-state index contributed by atoms with van der Waals surface area (Å²) in [5, 5.41) is 9.24. The van der Waals surface area contributed by atoms with Crippen molar-refractivity contribution < 1.29 is 36.9 Å². The molecule has 0 amide bonds. The zero-order valence-electron chi connectivity index (χ0n) is 23.1. The van der Waals surface area contributed by atoms with E-state index in [2.05, 4.69) is 20.8 Å². The lowest BCUT2D eigenvalue weighted by Crippen LogP contribution is -2.06. The van der Waals surface area contributed by atoms with E-state index in [1.54, 1.807) is 0 Å². The fourth-order valence-electron chi connectivity index (χ4n) is 3.55. The van der Waals surface area contributed by atoms with E-state index < -0.39 is 34.8 Å². The lowest BCUT2D eigenvalue weighted by atomic mass is 10.2. The van der Waals surface area contributed by atoms with Gasteiger partial charge in [-0.1, -0.05) is 78.6 Å². The Morgan fingerprint density at radius 2 is 0.789 bits per heavy atom. The molecule has 0 radical (unpaired) electrons. The van der Waals surface area contributed by atoms with Gasteiger partial charge in [-0.05, 0) is 43.5 Å². The van der Waals surface area contributed by atoms with Crippen LogP contribution in [-0.4, -0.2) is 24.9 Å². The minimum Gasteiger partial charge on any atom is -0.502 e. The van der Waals surface area contributed by atoms with Crippen molar-refractivity contribution in [3.05, 3.63) is 47.5 Å². The van der Waals surface area contributed by atoms with Gasteiger partial charge < -0.3 is 19.3 Å². The molecular weight excluding hydrogens is 500 g/mol. The summed E-state index contributed by atoms with van der Waals surface area (Å²) >= 11 is 0. The minimum absolute atomic E-state index is 0.0908. The van der Waals surface area contributed by atoms with E-state index >= 15 is 0 Å². The van der Waals surface area contributed by atoms with Gasteiger partial charge in [-0.3, -0.25) is 0 Å². The van der Waals surface area contributed by atoms with Crippen LogP contribution in [-0.2, 0) is 0 Å². The Morgan fingerprint density at radius 1 is 0.474 bits per heavy atom. The second-order valence-corrected chi connectivity index (χ2v) is 9.12. The topological polar surface area (TPSA) is 47.9 Å². The summed E-state index contributed by atoms with van der Waals surface area (Å²) in [5.41, 5.74) is 0. The van der Waals surface area contributed by atoms with Crippen molar-refractivity contribution in [3.63, 3.8) is 0 Å². The van der Waals surface area contributed by atoms with Crippen LogP contribution < -0.4 is 14.2 Å². The van der Waals surface area contributed by atoms with E-state index in [0.29, 0.717) is 13.2 Å². The average Bonchev–Trinajstić information content (AvgIpc) is 2.91. The number of ether oxygens (including phenoxy) is 3. The van der Waals surface area contributed by atoms with Crippen LogP contribution in [0.4, 0.5) is 17.6 Å². The SMILES string of the molecule is CCCCCCOc1c(F)ccc(F)c1O.CCCCCCOc1c(F)ccc(F)c1OCCCCCC. The lowest BCUT2D eigenvalue weighted by Gasteiger charge is -2.14. The van der Waals surface area contributed by atoms with Crippen molar-refractivity contribution in [2.75, 3.05) is 19.8 Å². The molecule has 1 N–H and O–H groups in total. The summed E-state index contributed by atoms with van der Waals surface area (Å²) in [7, 11) is 0. The molecule has 0 aliphatic rings. The summed E-state index contributed by atoms with van der Waals surface area (Å²) in [6, 6.07) is 3.98. The van der Waals surface area contributed by atoms with Crippen molar-refractivity contribution in [1.29, 1.82) is 0 Å². The Morgan fingerprint density at radius 3 is 1.16 bits per heavy atom. The highest BCUT2D eigenvalue weighted by Crippen LogP contribution is 2.34. The summed E-state index contributed by atoms with van der Waals surface area (Å²) in [6.07, 6.45) is 12.1. The molecule has 4 nitrogen and oxygen atoms in total. The summed E-state index contributed by atoms with van der Waals surface area (Å²) in [6.45, 7) is 7.38. The number of unbranched alkanes of at least 4 members (excludes halogenated alkanes) is 9. The number of hydrogen-bond acceptors (Lipinski definition) is 4. The Kier molecular flexibility index (Phi) is 17.9. The summed E-state index contributed by atoms with van der Waals surface area (Å²) in [4.78, 5) is 0. The van der Waals surface area contributed by atoms with Gasteiger partial charge in [-0.25, -0.2) is 17.6 Å². The second-order valence-electron chi connectivity index (χ2n) is 9.12. The number of phenols is 1. The molecule has 0 spiro atoms. The van der Waals surface area contributed by atoms with Gasteiger partial charge in [0, 0.05) is 0 Å². The Hall–Kier alpha value is -2.64. The molecule has 0 aliphatic carbocycles. The fourth-order valence-corrected chi connectivity index (χ4v) is 3.55. The maximum atomic E-state index is 13.9. The third-order valence-corrected chi connectivity index (χ3v) is 5.78. The van der Waals surface area contributed by atoms with E-state index in [-0.39, 0.29) is 18.1 Å². The van der Waals surface area contributed by atoms with Gasteiger partial charge >= 0.3 is 0 Å². The molecule has 0 heterocycles. The molecule has 0 saturated heterocycles. The van der Waals surface area contributed by atoms with E-state index in [1.807, 2.05) is 0 Å². The van der Waals surface area contributed by atoms with E-state index in [1.165, 1.54) is 0 Å². The van der Waals surface area contributed by atoms with Crippen LogP contribution in [0, 0.1) is 23.3 Å². The zero-order valence-corrected chi connectivity index (χ0v) is 23.1. The zero-order chi connectivity index (χ0) is 28.2. The van der Waals surface area contributed by atoms with E-state index in [9.17, 15) is 22.7 Å². The van der Waals surface area contributed by atoms with Crippen LogP contribution in [0.1, 0.15) is 97.8 Å². The number of halogens is 4. The Labute approximate surface area is 225 Å². The molecule has 2 aromatic carbocycles. The number of hydrogen-bond donors (Lipinski definition) is 1. The number of rotatable bonds is 18. The molecule has 2 rings (SSSR count). The monoisotopic (exact) mass is 544 g/mol. The highest BCUT2D eigenvalue weighted by atomic mass is 19.1. The van der Waals surface area contributed by atoms with Crippen LogP contribution in [0.5, 0.6) is 23.0 Å². The summed E-state index contributed by atoms with van der Waals surface area (Å²) in [5.74, 6) is -4.08. The molecule has 0 bridgehead atoms. The van der Waals surface area contributed by atoms with Crippen molar-refractivity contribution in [2.45, 2.75) is 97.8 Å². The summed E-state index contributed by atoms with van der Waals surface area (Å²) < 4.78 is 69.7. The standard InChI is InChI=1S/C18H28F2O2.C12H16F2O2/c1-3-5-7-9-13-21-17-15(19)11-12-16(20)18(17)22-14-10-8-6-4-2;1-2-3-4-5-8-16-12-10(14)7-6-9(13)11(12)15/h11-12H,3-10,13-14H2,1-2H3;6-7,15H,2-5,8H2,1H3. The van der Waals surface area contributed by atoms with E-state index in [4.69, 9.17) is 14.2 Å². The molecule has 216 valence electrons. The van der Waals surface area contributed by atoms with Crippen molar-refractivity contribution in [2.24, 2.45) is 0 Å². The largest absolute Gasteiger partial charge is 0.502 e. The predicted molar refractivity (Wildman–Crippen MR) is 143 cm³/mol. The average molecular weight is 545 g/mol. The quantitative estimate of drug-likeness (QED) is 0.150. The first-order valence-electron chi connectivity index (χ1n) is 13.9. The first-order valence-corrected chi connectivity index (χ1v) is 13.9. The van der Waals surface area contributed by atoms with Gasteiger partial charge in [0.05, 0.1) is 19.8 Å². The molecule has 8 heteroatoms. The van der Waals surface area contributed by atoms with Crippen LogP contribution in [0.2, 0.25) is 0 Å². The number of aromatic hydroxyl groups is 1. The third kappa shape index (κ3) is 12.7. The number of benzene rings is 2. The van der Waals surface area contributed by atoms with Gasteiger partial charge in [0.1, 0.15) is 0 Å². The predicted octanol–water partition coefficient (Wildman–Crippen LogP) is 9.51. The first-order chi connectivity index (χ1) is 18.4. The Bertz CT molecular complexity index is 869. The molecule has 0 aromatic heterocycles. The highest BCUT2D eigenvalue weighted by molar-refractivity contribution is 5.42. The van der Waals surface area contributed by atoms with Crippen LogP contribution in [0.3, 0.4) is 0 Å². The van der Waals surface area contributed by atoms with E-state index in [0.717, 1.165) is 101 Å². The molecule has 0 fully saturated rings. The van der Waals surface area contributed by atoms with Gasteiger partial charge in [-0.15, -0.1) is 0 Å². The van der Waals surface area contributed by atoms with Gasteiger partial charge in [-0.2, -0.15) is 0 Å². The maximum absolute atomic E-state index is 13.9. The second kappa shape index (κ2) is 20.3. The van der Waals surface area contributed by atoms with Crippen LogP contribution in [0.15, 0.2) is 24.3 Å². The van der Waals surface area contributed by atoms with Crippen LogP contribution >= 0.6 is 0 Å². The molecule has 0 aliphatic heterocycles. The normalized spacial score (nSPS) is 10.6. The van der Waals surface area contributed by atoms with Crippen molar-refractivity contribution >= 4 is 0 Å². The molecule has 0 unspecified atom stereocenters. The Balaban J connectivity index is 0.000000399.